The van der Waals surface area contributed by atoms with Crippen molar-refractivity contribution in [2.45, 2.75) is 24.3 Å². The lowest BCUT2D eigenvalue weighted by Gasteiger charge is -2.26. The molecule has 2 aliphatic heterocycles. The second-order valence-corrected chi connectivity index (χ2v) is 9.48. The molecule has 2 aromatic carbocycles. The smallest absolute Gasteiger partial charge is 0.230 e. The van der Waals surface area contributed by atoms with Crippen LogP contribution in [0.4, 0.5) is 0 Å². The Hall–Kier alpha value is -3.08. The largest absolute Gasteiger partial charge is 0.485 e. The molecule has 5 rings (SSSR count). The van der Waals surface area contributed by atoms with Crippen LogP contribution < -0.4 is 14.8 Å². The van der Waals surface area contributed by atoms with Crippen molar-refractivity contribution in [3.63, 3.8) is 0 Å². The number of carbonyl (C=O) groups excluding carboxylic acids is 1. The summed E-state index contributed by atoms with van der Waals surface area (Å²) in [5, 5.41) is 12.2. The van der Waals surface area contributed by atoms with Gasteiger partial charge in [-0.05, 0) is 23.3 Å². The van der Waals surface area contributed by atoms with E-state index in [0.29, 0.717) is 29.9 Å². The van der Waals surface area contributed by atoms with Gasteiger partial charge in [0.1, 0.15) is 6.61 Å². The van der Waals surface area contributed by atoms with E-state index in [0.717, 1.165) is 44.2 Å². The molecule has 0 spiro atoms. The summed E-state index contributed by atoms with van der Waals surface area (Å²) in [6, 6.07) is 16.0. The van der Waals surface area contributed by atoms with Crippen molar-refractivity contribution < 1.29 is 19.0 Å². The molecule has 1 fully saturated rings. The molecule has 35 heavy (non-hydrogen) atoms. The average Bonchev–Trinajstić information content (AvgIpc) is 3.27. The van der Waals surface area contributed by atoms with Crippen molar-refractivity contribution in [1.29, 1.82) is 0 Å². The Morgan fingerprint density at radius 3 is 2.60 bits per heavy atom. The van der Waals surface area contributed by atoms with Crippen LogP contribution in [-0.2, 0) is 29.7 Å². The van der Waals surface area contributed by atoms with E-state index >= 15 is 0 Å². The van der Waals surface area contributed by atoms with Crippen molar-refractivity contribution >= 4 is 17.7 Å². The molecule has 0 saturated carbocycles. The Morgan fingerprint density at radius 2 is 1.80 bits per heavy atom. The molecule has 0 bridgehead atoms. The molecule has 3 aromatic rings. The molecule has 2 aliphatic rings. The van der Waals surface area contributed by atoms with Gasteiger partial charge < -0.3 is 24.1 Å². The molecule has 1 atom stereocenters. The molecule has 1 unspecified atom stereocenters. The lowest BCUT2D eigenvalue weighted by Crippen LogP contribution is -2.35. The topological polar surface area (TPSA) is 90.7 Å². The summed E-state index contributed by atoms with van der Waals surface area (Å²) in [6.07, 6.45) is -0.350. The number of hydrogen-bond donors (Lipinski definition) is 1. The van der Waals surface area contributed by atoms with Gasteiger partial charge in [0, 0.05) is 33.2 Å². The number of ether oxygens (including phenoxy) is 3. The average molecular weight is 496 g/mol. The fourth-order valence-electron chi connectivity index (χ4n) is 4.04. The van der Waals surface area contributed by atoms with Crippen molar-refractivity contribution in [3.05, 3.63) is 65.5 Å². The highest BCUT2D eigenvalue weighted by atomic mass is 32.2. The molecule has 3 heterocycles. The Morgan fingerprint density at radius 1 is 1.06 bits per heavy atom. The van der Waals surface area contributed by atoms with E-state index in [2.05, 4.69) is 44.7 Å². The van der Waals surface area contributed by atoms with Crippen LogP contribution in [0.1, 0.15) is 23.1 Å². The Kier molecular flexibility index (Phi) is 7.51. The van der Waals surface area contributed by atoms with Crippen LogP contribution in [0.3, 0.4) is 0 Å². The van der Waals surface area contributed by atoms with E-state index in [1.807, 2.05) is 35.9 Å². The first-order valence-corrected chi connectivity index (χ1v) is 12.7. The lowest BCUT2D eigenvalue weighted by atomic mass is 10.1. The first-order chi connectivity index (χ1) is 17.2. The number of nitrogens with one attached hydrogen (secondary N) is 1. The first kappa shape index (κ1) is 23.7. The van der Waals surface area contributed by atoms with Gasteiger partial charge in [0.25, 0.3) is 0 Å². The summed E-state index contributed by atoms with van der Waals surface area (Å²) in [5.41, 5.74) is 2.34. The number of benzene rings is 2. The van der Waals surface area contributed by atoms with Crippen LogP contribution in [0.5, 0.6) is 11.5 Å². The molecule has 0 radical (unpaired) electrons. The summed E-state index contributed by atoms with van der Waals surface area (Å²) < 4.78 is 19.1. The van der Waals surface area contributed by atoms with Crippen LogP contribution in [0.25, 0.3) is 0 Å². The number of carbonyl (C=O) groups is 1. The highest BCUT2D eigenvalue weighted by Crippen LogP contribution is 2.35. The number of thioether (sulfide) groups is 1. The molecule has 1 aromatic heterocycles. The van der Waals surface area contributed by atoms with E-state index in [-0.39, 0.29) is 17.8 Å². The predicted molar refractivity (Wildman–Crippen MR) is 131 cm³/mol. The van der Waals surface area contributed by atoms with Gasteiger partial charge >= 0.3 is 0 Å². The van der Waals surface area contributed by atoms with Gasteiger partial charge in [-0.25, -0.2) is 0 Å². The highest BCUT2D eigenvalue weighted by Gasteiger charge is 2.27. The zero-order chi connectivity index (χ0) is 24.0. The fourth-order valence-corrected chi connectivity index (χ4v) is 4.79. The number of nitrogens with zero attached hydrogens (tertiary/aromatic N) is 4. The maximum atomic E-state index is 12.4. The van der Waals surface area contributed by atoms with Gasteiger partial charge in [-0.1, -0.05) is 48.2 Å². The van der Waals surface area contributed by atoms with Crippen LogP contribution >= 0.6 is 11.8 Å². The number of fused-ring (bicyclic) bond motifs is 1. The first-order valence-electron chi connectivity index (χ1n) is 11.7. The highest BCUT2D eigenvalue weighted by molar-refractivity contribution is 7.99. The third-order valence-electron chi connectivity index (χ3n) is 6.02. The monoisotopic (exact) mass is 495 g/mol. The van der Waals surface area contributed by atoms with Crippen molar-refractivity contribution in [1.82, 2.24) is 25.0 Å². The molecular formula is C25H29N5O4S. The summed E-state index contributed by atoms with van der Waals surface area (Å²) >= 11 is 1.35. The van der Waals surface area contributed by atoms with E-state index in [4.69, 9.17) is 14.2 Å². The Bertz CT molecular complexity index is 1150. The molecule has 0 aliphatic carbocycles. The third-order valence-corrected chi connectivity index (χ3v) is 7.04. The number of morpholine rings is 1. The lowest BCUT2D eigenvalue weighted by molar-refractivity contribution is -0.118. The molecule has 184 valence electrons. The van der Waals surface area contributed by atoms with E-state index in [1.54, 1.807) is 0 Å². The number of hydrogen-bond acceptors (Lipinski definition) is 8. The molecule has 1 saturated heterocycles. The fraction of sp³-hybridized carbons (Fsp3) is 0.400. The van der Waals surface area contributed by atoms with Crippen LogP contribution in [0.15, 0.2) is 53.7 Å². The summed E-state index contributed by atoms with van der Waals surface area (Å²) in [5.74, 6) is 2.28. The zero-order valence-electron chi connectivity index (χ0n) is 19.7. The maximum absolute atomic E-state index is 12.4. The zero-order valence-corrected chi connectivity index (χ0v) is 20.5. The van der Waals surface area contributed by atoms with Gasteiger partial charge in [0.2, 0.25) is 5.91 Å². The molecule has 10 heteroatoms. The van der Waals surface area contributed by atoms with Crippen molar-refractivity contribution in [3.8, 4) is 11.5 Å². The Labute approximate surface area is 208 Å². The maximum Gasteiger partial charge on any atom is 0.230 e. The standard InChI is InChI=1S/C25H29N5O4S/c1-29-24(22-16-33-20-4-2-3-5-21(20)34-22)27-28-25(29)35-17-23(31)26-14-18-6-8-19(9-7-18)15-30-10-12-32-13-11-30/h2-9,22H,10-17H2,1H3,(H,26,31). The Balaban J connectivity index is 1.08. The number of aromatic nitrogens is 3. The summed E-state index contributed by atoms with van der Waals surface area (Å²) in [4.78, 5) is 14.8. The number of para-hydroxylation sites is 2. The van der Waals surface area contributed by atoms with Crippen LogP contribution in [-0.4, -0.2) is 64.2 Å². The second kappa shape index (κ2) is 11.1. The molecule has 1 amide bonds. The molecular weight excluding hydrogens is 466 g/mol. The normalized spacial score (nSPS) is 17.8. The number of amides is 1. The summed E-state index contributed by atoms with van der Waals surface area (Å²) in [6.45, 7) is 5.32. The van der Waals surface area contributed by atoms with Gasteiger partial charge in [-0.2, -0.15) is 0 Å². The van der Waals surface area contributed by atoms with Gasteiger partial charge in [-0.15, -0.1) is 10.2 Å². The SMILES string of the molecule is Cn1c(SCC(=O)NCc2ccc(CN3CCOCC3)cc2)nnc1C1COc2ccccc2O1. The molecule has 1 N–H and O–H groups in total. The van der Waals surface area contributed by atoms with E-state index in [9.17, 15) is 4.79 Å². The van der Waals surface area contributed by atoms with Gasteiger partial charge in [0.15, 0.2) is 28.6 Å². The quantitative estimate of drug-likeness (QED) is 0.477. The van der Waals surface area contributed by atoms with E-state index in [1.165, 1.54) is 17.3 Å². The minimum Gasteiger partial charge on any atom is -0.485 e. The summed E-state index contributed by atoms with van der Waals surface area (Å²) in [7, 11) is 1.87. The van der Waals surface area contributed by atoms with Gasteiger partial charge in [-0.3, -0.25) is 9.69 Å². The predicted octanol–water partition coefficient (Wildman–Crippen LogP) is 2.57. The van der Waals surface area contributed by atoms with Crippen molar-refractivity contribution in [2.24, 2.45) is 7.05 Å². The van der Waals surface area contributed by atoms with Crippen LogP contribution in [0.2, 0.25) is 0 Å². The number of rotatable bonds is 8. The third kappa shape index (κ3) is 5.95. The van der Waals surface area contributed by atoms with Crippen LogP contribution in [0, 0.1) is 0 Å². The van der Waals surface area contributed by atoms with Crippen molar-refractivity contribution in [2.75, 3.05) is 38.7 Å². The second-order valence-electron chi connectivity index (χ2n) is 8.53. The minimum absolute atomic E-state index is 0.0527. The van der Waals surface area contributed by atoms with Gasteiger partial charge in [0.05, 0.1) is 19.0 Å². The minimum atomic E-state index is -0.350. The molecule has 9 nitrogen and oxygen atoms in total. The van der Waals surface area contributed by atoms with E-state index < -0.39 is 0 Å².